The Morgan fingerprint density at radius 3 is 1.40 bits per heavy atom. The summed E-state index contributed by atoms with van der Waals surface area (Å²) in [4.78, 5) is 12.2. The van der Waals surface area contributed by atoms with Crippen molar-refractivity contribution in [3.63, 3.8) is 0 Å². The standard InChI is InChI=1S/C35H54N2O3/c1-3-5-7-9-11-12-13-14-15-17-19-21-35(38)40-34-28-24-32(25-29-34)37-36-31-22-26-33(27-23-31)39-30-20-18-16-10-8-6-4-2/h22-29H,3-21,30H2,1-2H3. The maximum absolute atomic E-state index is 12.2. The van der Waals surface area contributed by atoms with E-state index in [4.69, 9.17) is 9.47 Å². The van der Waals surface area contributed by atoms with Crippen LogP contribution in [0.25, 0.3) is 0 Å². The molecule has 0 saturated heterocycles. The number of azo groups is 1. The van der Waals surface area contributed by atoms with Gasteiger partial charge in [0.25, 0.3) is 0 Å². The summed E-state index contributed by atoms with van der Waals surface area (Å²) in [5, 5.41) is 8.61. The van der Waals surface area contributed by atoms with Crippen LogP contribution in [0.5, 0.6) is 11.5 Å². The third-order valence-electron chi connectivity index (χ3n) is 7.19. The molecule has 2 aromatic rings. The minimum Gasteiger partial charge on any atom is -0.494 e. The van der Waals surface area contributed by atoms with Crippen molar-refractivity contribution in [3.8, 4) is 11.5 Å². The summed E-state index contributed by atoms with van der Waals surface area (Å²) in [6.45, 7) is 5.26. The average molecular weight is 551 g/mol. The molecular weight excluding hydrogens is 496 g/mol. The Hall–Kier alpha value is -2.69. The molecule has 2 rings (SSSR count). The number of hydrogen-bond donors (Lipinski definition) is 0. The van der Waals surface area contributed by atoms with Crippen molar-refractivity contribution in [2.45, 2.75) is 136 Å². The van der Waals surface area contributed by atoms with E-state index >= 15 is 0 Å². The third kappa shape index (κ3) is 17.1. The van der Waals surface area contributed by atoms with Crippen molar-refractivity contribution in [1.82, 2.24) is 0 Å². The highest BCUT2D eigenvalue weighted by Crippen LogP contribution is 2.24. The summed E-state index contributed by atoms with van der Waals surface area (Å²) in [7, 11) is 0. The molecule has 0 aliphatic carbocycles. The third-order valence-corrected chi connectivity index (χ3v) is 7.19. The first-order chi connectivity index (χ1) is 19.7. The van der Waals surface area contributed by atoms with Gasteiger partial charge in [0.2, 0.25) is 0 Å². The topological polar surface area (TPSA) is 60.2 Å². The van der Waals surface area contributed by atoms with Crippen LogP contribution in [0.4, 0.5) is 11.4 Å². The number of rotatable bonds is 24. The summed E-state index contributed by atoms with van der Waals surface area (Å²) in [6.07, 6.45) is 23.4. The first-order valence-electron chi connectivity index (χ1n) is 16.2. The van der Waals surface area contributed by atoms with E-state index in [1.165, 1.54) is 96.3 Å². The molecule has 0 amide bonds. The van der Waals surface area contributed by atoms with Crippen molar-refractivity contribution < 1.29 is 14.3 Å². The van der Waals surface area contributed by atoms with Gasteiger partial charge in [-0.1, -0.05) is 117 Å². The lowest BCUT2D eigenvalue weighted by molar-refractivity contribution is -0.134. The predicted octanol–water partition coefficient (Wildman–Crippen LogP) is 11.8. The van der Waals surface area contributed by atoms with E-state index in [1.807, 2.05) is 36.4 Å². The molecule has 5 nitrogen and oxygen atoms in total. The van der Waals surface area contributed by atoms with Gasteiger partial charge in [0.05, 0.1) is 18.0 Å². The average Bonchev–Trinajstić information content (AvgIpc) is 2.97. The van der Waals surface area contributed by atoms with Crippen LogP contribution >= 0.6 is 0 Å². The van der Waals surface area contributed by atoms with Crippen LogP contribution in [0.3, 0.4) is 0 Å². The van der Waals surface area contributed by atoms with Crippen molar-refractivity contribution in [1.29, 1.82) is 0 Å². The zero-order valence-electron chi connectivity index (χ0n) is 25.4. The normalized spacial score (nSPS) is 11.2. The smallest absolute Gasteiger partial charge is 0.311 e. The van der Waals surface area contributed by atoms with E-state index in [0.29, 0.717) is 17.9 Å². The van der Waals surface area contributed by atoms with Crippen LogP contribution in [0.1, 0.15) is 136 Å². The highest BCUT2D eigenvalue weighted by Gasteiger charge is 2.05. The van der Waals surface area contributed by atoms with E-state index in [-0.39, 0.29) is 5.97 Å². The maximum atomic E-state index is 12.2. The van der Waals surface area contributed by atoms with Crippen molar-refractivity contribution in [2.75, 3.05) is 6.61 Å². The lowest BCUT2D eigenvalue weighted by Gasteiger charge is -2.06. The lowest BCUT2D eigenvalue weighted by Crippen LogP contribution is -2.07. The molecule has 0 spiro atoms. The molecule has 0 fully saturated rings. The van der Waals surface area contributed by atoms with Gasteiger partial charge >= 0.3 is 5.97 Å². The van der Waals surface area contributed by atoms with Crippen LogP contribution in [-0.4, -0.2) is 12.6 Å². The molecule has 40 heavy (non-hydrogen) atoms. The minimum absolute atomic E-state index is 0.167. The summed E-state index contributed by atoms with van der Waals surface area (Å²) in [6, 6.07) is 14.9. The monoisotopic (exact) mass is 550 g/mol. The molecular formula is C35H54N2O3. The van der Waals surface area contributed by atoms with Gasteiger partial charge in [0.15, 0.2) is 0 Å². The van der Waals surface area contributed by atoms with Gasteiger partial charge in [0.1, 0.15) is 11.5 Å². The van der Waals surface area contributed by atoms with E-state index < -0.39 is 0 Å². The van der Waals surface area contributed by atoms with Crippen molar-refractivity contribution >= 4 is 17.3 Å². The summed E-state index contributed by atoms with van der Waals surface area (Å²) < 4.78 is 11.3. The first-order valence-corrected chi connectivity index (χ1v) is 16.2. The fourth-order valence-electron chi connectivity index (χ4n) is 4.67. The molecule has 0 bridgehead atoms. The van der Waals surface area contributed by atoms with Crippen LogP contribution in [0.2, 0.25) is 0 Å². The summed E-state index contributed by atoms with van der Waals surface area (Å²) >= 11 is 0. The van der Waals surface area contributed by atoms with E-state index in [9.17, 15) is 4.79 Å². The molecule has 0 unspecified atom stereocenters. The van der Waals surface area contributed by atoms with E-state index in [2.05, 4.69) is 24.1 Å². The molecule has 0 heterocycles. The molecule has 0 radical (unpaired) electrons. The number of nitrogens with zero attached hydrogens (tertiary/aromatic N) is 2. The molecule has 222 valence electrons. The molecule has 0 N–H and O–H groups in total. The second-order valence-electron chi connectivity index (χ2n) is 10.9. The quantitative estimate of drug-likeness (QED) is 0.0565. The van der Waals surface area contributed by atoms with Gasteiger partial charge in [-0.15, -0.1) is 0 Å². The number of ether oxygens (including phenoxy) is 2. The van der Waals surface area contributed by atoms with Gasteiger partial charge in [-0.2, -0.15) is 10.2 Å². The van der Waals surface area contributed by atoms with Crippen molar-refractivity contribution in [3.05, 3.63) is 48.5 Å². The number of carbonyl (C=O) groups is 1. The Balaban J connectivity index is 1.55. The molecule has 0 aliphatic rings. The largest absolute Gasteiger partial charge is 0.494 e. The SMILES string of the molecule is CCCCCCCCCCCCCC(=O)Oc1ccc(N=Nc2ccc(OCCCCCCCCC)cc2)cc1. The Bertz CT molecular complexity index is 909. The number of carbonyl (C=O) groups excluding carboxylic acids is 1. The highest BCUT2D eigenvalue weighted by molar-refractivity contribution is 5.72. The zero-order valence-corrected chi connectivity index (χ0v) is 25.4. The minimum atomic E-state index is -0.167. The molecule has 0 aromatic heterocycles. The fourth-order valence-corrected chi connectivity index (χ4v) is 4.67. The van der Waals surface area contributed by atoms with Crippen LogP contribution in [0, 0.1) is 0 Å². The van der Waals surface area contributed by atoms with E-state index in [1.54, 1.807) is 12.1 Å². The first kappa shape index (κ1) is 33.5. The van der Waals surface area contributed by atoms with Gasteiger partial charge in [-0.3, -0.25) is 4.79 Å². The van der Waals surface area contributed by atoms with E-state index in [0.717, 1.165) is 37.3 Å². The number of esters is 1. The van der Waals surface area contributed by atoms with Crippen LogP contribution in [0.15, 0.2) is 58.8 Å². The number of benzene rings is 2. The maximum Gasteiger partial charge on any atom is 0.311 e. The number of unbranched alkanes of at least 4 members (excludes halogenated alkanes) is 16. The van der Waals surface area contributed by atoms with Gasteiger partial charge < -0.3 is 9.47 Å². The second-order valence-corrected chi connectivity index (χ2v) is 10.9. The lowest BCUT2D eigenvalue weighted by atomic mass is 10.1. The molecule has 0 saturated carbocycles. The van der Waals surface area contributed by atoms with Gasteiger partial charge in [0, 0.05) is 6.42 Å². The fraction of sp³-hybridized carbons (Fsp3) is 0.629. The van der Waals surface area contributed by atoms with Crippen LogP contribution < -0.4 is 9.47 Å². The zero-order chi connectivity index (χ0) is 28.5. The van der Waals surface area contributed by atoms with Gasteiger partial charge in [-0.25, -0.2) is 0 Å². The predicted molar refractivity (Wildman–Crippen MR) is 167 cm³/mol. The molecule has 5 heteroatoms. The van der Waals surface area contributed by atoms with Crippen molar-refractivity contribution in [2.24, 2.45) is 10.2 Å². The molecule has 0 aliphatic heterocycles. The number of hydrogen-bond acceptors (Lipinski definition) is 5. The highest BCUT2D eigenvalue weighted by atomic mass is 16.5. The van der Waals surface area contributed by atoms with Crippen LogP contribution in [-0.2, 0) is 4.79 Å². The Labute approximate surface area is 244 Å². The second kappa shape index (κ2) is 23.1. The Morgan fingerprint density at radius 1 is 0.525 bits per heavy atom. The molecule has 0 atom stereocenters. The van der Waals surface area contributed by atoms with Gasteiger partial charge in [-0.05, 0) is 61.4 Å². The Morgan fingerprint density at radius 2 is 0.925 bits per heavy atom. The summed E-state index contributed by atoms with van der Waals surface area (Å²) in [5.74, 6) is 1.25. The molecule has 2 aromatic carbocycles. The summed E-state index contributed by atoms with van der Waals surface area (Å²) in [5.41, 5.74) is 1.48. The Kier molecular flexibility index (Phi) is 19.3.